The van der Waals surface area contributed by atoms with E-state index in [1.807, 2.05) is 6.07 Å². The average molecular weight is 406 g/mol. The van der Waals surface area contributed by atoms with E-state index >= 15 is 0 Å². The summed E-state index contributed by atoms with van der Waals surface area (Å²) in [6.45, 7) is 5.92. The van der Waals surface area contributed by atoms with Crippen LogP contribution in [0.2, 0.25) is 0 Å². The van der Waals surface area contributed by atoms with Gasteiger partial charge in [0.15, 0.2) is 0 Å². The molecule has 0 bridgehead atoms. The monoisotopic (exact) mass is 405 g/mol. The normalized spacial score (nSPS) is 17.9. The van der Waals surface area contributed by atoms with E-state index in [0.29, 0.717) is 12.5 Å². The van der Waals surface area contributed by atoms with E-state index in [9.17, 15) is 9.59 Å². The van der Waals surface area contributed by atoms with Crippen LogP contribution in [0.4, 0.5) is 4.79 Å². The maximum Gasteiger partial charge on any atom is 0.324 e. The van der Waals surface area contributed by atoms with Gasteiger partial charge >= 0.3 is 6.03 Å². The fourth-order valence-corrected chi connectivity index (χ4v) is 4.28. The number of nitrogens with one attached hydrogen (secondary N) is 2. The minimum Gasteiger partial charge on any atom is -0.493 e. The first-order valence-corrected chi connectivity index (χ1v) is 11.2. The molecule has 1 heterocycles. The molecule has 1 aliphatic heterocycles. The van der Waals surface area contributed by atoms with Gasteiger partial charge in [0, 0.05) is 12.3 Å². The van der Waals surface area contributed by atoms with Gasteiger partial charge in [-0.3, -0.25) is 14.8 Å². The highest BCUT2D eigenvalue weighted by molar-refractivity contribution is 7.97. The third-order valence-corrected chi connectivity index (χ3v) is 6.06. The first-order valence-electron chi connectivity index (χ1n) is 10.2. The molecule has 0 unspecified atom stereocenters. The lowest BCUT2D eigenvalue weighted by molar-refractivity contribution is -0.118. The van der Waals surface area contributed by atoms with Gasteiger partial charge in [0.25, 0.3) is 0 Å². The maximum absolute atomic E-state index is 11.5. The smallest absolute Gasteiger partial charge is 0.324 e. The lowest BCUT2D eigenvalue weighted by Crippen LogP contribution is -2.29. The van der Waals surface area contributed by atoms with Gasteiger partial charge in [0.1, 0.15) is 12.3 Å². The fraction of sp³-hybridized carbons (Fsp3) is 0.619. The molecule has 1 saturated heterocycles. The van der Waals surface area contributed by atoms with Crippen molar-refractivity contribution in [1.82, 2.24) is 14.9 Å². The number of hydrogen-bond donors (Lipinski definition) is 2. The number of carbonyl (C=O) groups is 2. The van der Waals surface area contributed by atoms with Crippen molar-refractivity contribution in [2.24, 2.45) is 5.92 Å². The molecule has 6 nitrogen and oxygen atoms in total. The van der Waals surface area contributed by atoms with E-state index in [0.717, 1.165) is 50.2 Å². The Kier molecular flexibility index (Phi) is 7.24. The van der Waals surface area contributed by atoms with Crippen LogP contribution in [-0.2, 0) is 10.3 Å². The minimum absolute atomic E-state index is 0.0931. The van der Waals surface area contributed by atoms with Crippen LogP contribution in [0.15, 0.2) is 24.3 Å². The summed E-state index contributed by atoms with van der Waals surface area (Å²) < 4.78 is 9.53. The predicted octanol–water partition coefficient (Wildman–Crippen LogP) is 3.67. The zero-order chi connectivity index (χ0) is 20.0. The fourth-order valence-electron chi connectivity index (χ4n) is 3.23. The van der Waals surface area contributed by atoms with E-state index in [4.69, 9.17) is 4.74 Å². The first kappa shape index (κ1) is 21.0. The summed E-state index contributed by atoms with van der Waals surface area (Å²) in [5.74, 6) is 2.32. The number of ether oxygens (including phenoxy) is 1. The molecule has 2 aliphatic rings. The van der Waals surface area contributed by atoms with Gasteiger partial charge in [-0.2, -0.15) is 0 Å². The van der Waals surface area contributed by atoms with E-state index < -0.39 is 0 Å². The molecule has 0 spiro atoms. The molecule has 1 aromatic carbocycles. The van der Waals surface area contributed by atoms with Crippen molar-refractivity contribution in [3.05, 3.63) is 29.8 Å². The van der Waals surface area contributed by atoms with E-state index in [-0.39, 0.29) is 24.0 Å². The second kappa shape index (κ2) is 9.65. The summed E-state index contributed by atoms with van der Waals surface area (Å²) in [4.78, 5) is 24.2. The molecule has 1 aliphatic carbocycles. The van der Waals surface area contributed by atoms with Gasteiger partial charge in [0.05, 0.1) is 12.1 Å². The van der Waals surface area contributed by atoms with Gasteiger partial charge < -0.3 is 9.64 Å². The summed E-state index contributed by atoms with van der Waals surface area (Å²) >= 11 is 1.79. The Balaban J connectivity index is 1.33. The van der Waals surface area contributed by atoms with Gasteiger partial charge in [-0.1, -0.05) is 44.3 Å². The maximum atomic E-state index is 11.5. The number of urea groups is 1. The van der Waals surface area contributed by atoms with Gasteiger partial charge in [0.2, 0.25) is 5.91 Å². The number of imide groups is 1. The molecule has 1 aromatic rings. The van der Waals surface area contributed by atoms with E-state index in [1.165, 1.54) is 5.56 Å². The van der Waals surface area contributed by atoms with Crippen LogP contribution in [-0.4, -0.2) is 42.3 Å². The molecule has 154 valence electrons. The molecule has 2 fully saturated rings. The second-order valence-electron chi connectivity index (χ2n) is 8.10. The van der Waals surface area contributed by atoms with Gasteiger partial charge in [-0.25, -0.2) is 4.79 Å². The van der Waals surface area contributed by atoms with Crippen LogP contribution in [0, 0.1) is 5.92 Å². The molecule has 0 aromatic heterocycles. The van der Waals surface area contributed by atoms with Gasteiger partial charge in [-0.15, -0.1) is 0 Å². The summed E-state index contributed by atoms with van der Waals surface area (Å²) in [7, 11) is 0. The molecule has 0 atom stereocenters. The average Bonchev–Trinajstić information content (AvgIpc) is 3.39. The van der Waals surface area contributed by atoms with Crippen LogP contribution in [0.5, 0.6) is 5.75 Å². The molecular weight excluding hydrogens is 374 g/mol. The number of carbonyl (C=O) groups excluding carboxylic acids is 2. The Hall–Kier alpha value is -1.73. The summed E-state index contributed by atoms with van der Waals surface area (Å²) in [6.07, 6.45) is 5.39. The number of benzene rings is 1. The quantitative estimate of drug-likeness (QED) is 0.315. The third-order valence-electron chi connectivity index (χ3n) is 5.03. The van der Waals surface area contributed by atoms with Gasteiger partial charge in [-0.05, 0) is 49.3 Å². The standard InChI is InChI=1S/C21H31N3O3S/c1-16(2)15-27-18-8-6-7-17(13-18)21(9-10-21)23-28-12-5-3-4-11-24-14-19(25)22-20(24)26/h6-8,13,16,23H,3-5,9-12,14-15H2,1-2H3,(H,22,25,26). The second-order valence-corrected chi connectivity index (χ2v) is 9.00. The Morgan fingerprint density at radius 3 is 2.75 bits per heavy atom. The number of nitrogens with zero attached hydrogens (tertiary/aromatic N) is 1. The van der Waals surface area contributed by atoms with Crippen molar-refractivity contribution < 1.29 is 14.3 Å². The summed E-state index contributed by atoms with van der Waals surface area (Å²) in [5, 5.41) is 2.31. The topological polar surface area (TPSA) is 70.7 Å². The first-order chi connectivity index (χ1) is 13.5. The lowest BCUT2D eigenvalue weighted by atomic mass is 10.1. The van der Waals surface area contributed by atoms with Crippen molar-refractivity contribution in [1.29, 1.82) is 0 Å². The zero-order valence-corrected chi connectivity index (χ0v) is 17.6. The predicted molar refractivity (Wildman–Crippen MR) is 112 cm³/mol. The number of hydrogen-bond acceptors (Lipinski definition) is 5. The minimum atomic E-state index is -0.253. The molecule has 1 saturated carbocycles. The van der Waals surface area contributed by atoms with Crippen molar-refractivity contribution in [3.63, 3.8) is 0 Å². The van der Waals surface area contributed by atoms with Crippen molar-refractivity contribution in [2.45, 2.75) is 51.5 Å². The van der Waals surface area contributed by atoms with Crippen LogP contribution in [0.25, 0.3) is 0 Å². The number of amides is 3. The van der Waals surface area contributed by atoms with Crippen molar-refractivity contribution >= 4 is 23.9 Å². The Morgan fingerprint density at radius 2 is 2.07 bits per heavy atom. The number of rotatable bonds is 12. The zero-order valence-electron chi connectivity index (χ0n) is 16.8. The molecule has 3 amide bonds. The summed E-state index contributed by atoms with van der Waals surface area (Å²) in [5.41, 5.74) is 1.40. The largest absolute Gasteiger partial charge is 0.493 e. The van der Waals surface area contributed by atoms with Crippen molar-refractivity contribution in [2.75, 3.05) is 25.4 Å². The molecule has 28 heavy (non-hydrogen) atoms. The molecule has 0 radical (unpaired) electrons. The van der Waals surface area contributed by atoms with Crippen LogP contribution < -0.4 is 14.8 Å². The van der Waals surface area contributed by atoms with E-state index in [2.05, 4.69) is 42.1 Å². The van der Waals surface area contributed by atoms with Crippen LogP contribution in [0.1, 0.15) is 51.5 Å². The Labute approximate surface area is 171 Å². The Morgan fingerprint density at radius 1 is 1.25 bits per heavy atom. The third kappa shape index (κ3) is 5.88. The van der Waals surface area contributed by atoms with Crippen LogP contribution in [0.3, 0.4) is 0 Å². The van der Waals surface area contributed by atoms with E-state index in [1.54, 1.807) is 16.8 Å². The highest BCUT2D eigenvalue weighted by atomic mass is 32.2. The summed E-state index contributed by atoms with van der Waals surface area (Å²) in [6, 6.07) is 8.22. The van der Waals surface area contributed by atoms with Crippen LogP contribution >= 0.6 is 11.9 Å². The lowest BCUT2D eigenvalue weighted by Gasteiger charge is -2.18. The molecule has 2 N–H and O–H groups in total. The molecule has 3 rings (SSSR count). The highest BCUT2D eigenvalue weighted by Gasteiger charge is 2.44. The van der Waals surface area contributed by atoms with Crippen molar-refractivity contribution in [3.8, 4) is 5.75 Å². The highest BCUT2D eigenvalue weighted by Crippen LogP contribution is 2.47. The number of unbranched alkanes of at least 4 members (excludes halogenated alkanes) is 2. The molecular formula is C21H31N3O3S. The molecule has 7 heteroatoms. The SMILES string of the molecule is CC(C)COc1cccc(C2(NSCCCCCN3CC(=O)NC3=O)CC2)c1. The Bertz CT molecular complexity index is 691.